The van der Waals surface area contributed by atoms with E-state index < -0.39 is 0 Å². The van der Waals surface area contributed by atoms with Crippen molar-refractivity contribution in [1.29, 1.82) is 0 Å². The van der Waals surface area contributed by atoms with Crippen LogP contribution in [0, 0.1) is 6.92 Å². The van der Waals surface area contributed by atoms with E-state index in [-0.39, 0.29) is 5.91 Å². The number of unbranched alkanes of at least 4 members (excludes halogenated alkanes) is 11. The summed E-state index contributed by atoms with van der Waals surface area (Å²) in [6, 6.07) is 15.5. The van der Waals surface area contributed by atoms with Gasteiger partial charge >= 0.3 is 0 Å². The number of amides is 1. The first-order valence-electron chi connectivity index (χ1n) is 14.2. The van der Waals surface area contributed by atoms with E-state index >= 15 is 0 Å². The number of carbonyl (C=O) groups is 1. The molecule has 0 saturated carbocycles. The van der Waals surface area contributed by atoms with Crippen molar-refractivity contribution in [3.8, 4) is 5.75 Å². The maximum absolute atomic E-state index is 12.6. The van der Waals surface area contributed by atoms with Crippen molar-refractivity contribution in [3.05, 3.63) is 76.2 Å². The molecule has 0 fully saturated rings. The number of rotatable bonds is 18. The van der Waals surface area contributed by atoms with E-state index in [0.29, 0.717) is 5.56 Å². The number of nitrogens with zero attached hydrogens (tertiary/aromatic N) is 1. The first-order valence-corrected chi connectivity index (χ1v) is 15.1. The molecule has 2 aromatic carbocycles. The number of carbonyl (C=O) groups excluding carboxylic acids is 1. The molecule has 1 N–H and O–H groups in total. The second kappa shape index (κ2) is 17.0. The van der Waals surface area contributed by atoms with E-state index in [0.717, 1.165) is 31.0 Å². The normalized spacial score (nSPS) is 11.0. The third-order valence-electron chi connectivity index (χ3n) is 6.68. The molecule has 0 saturated heterocycles. The maximum Gasteiger partial charge on any atom is 0.255 e. The summed E-state index contributed by atoms with van der Waals surface area (Å²) in [5.41, 5.74) is 4.72. The Bertz CT molecular complexity index is 1030. The zero-order chi connectivity index (χ0) is 26.1. The van der Waals surface area contributed by atoms with Gasteiger partial charge in [-0.3, -0.25) is 4.79 Å². The van der Waals surface area contributed by atoms with Crippen molar-refractivity contribution in [2.24, 2.45) is 0 Å². The molecule has 0 bridgehead atoms. The highest BCUT2D eigenvalue weighted by atomic mass is 32.1. The molecule has 37 heavy (non-hydrogen) atoms. The highest BCUT2D eigenvalue weighted by Gasteiger charge is 2.09. The predicted octanol–water partition coefficient (Wildman–Crippen LogP) is 8.72. The summed E-state index contributed by atoms with van der Waals surface area (Å²) >= 11 is 1.74. The predicted molar refractivity (Wildman–Crippen MR) is 156 cm³/mol. The second-order valence-corrected chi connectivity index (χ2v) is 11.1. The molecule has 0 spiro atoms. The zero-order valence-corrected chi connectivity index (χ0v) is 23.7. The minimum Gasteiger partial charge on any atom is -0.494 e. The van der Waals surface area contributed by atoms with Gasteiger partial charge in [0.15, 0.2) is 12.7 Å². The number of ether oxygens (including phenoxy) is 1. The van der Waals surface area contributed by atoms with Crippen molar-refractivity contribution in [2.45, 2.75) is 97.4 Å². The van der Waals surface area contributed by atoms with Crippen LogP contribution in [0.5, 0.6) is 5.75 Å². The Balaban J connectivity index is 1.25. The van der Waals surface area contributed by atoms with Gasteiger partial charge in [-0.25, -0.2) is 0 Å². The maximum atomic E-state index is 12.6. The Labute approximate surface area is 228 Å². The van der Waals surface area contributed by atoms with E-state index in [4.69, 9.17) is 4.74 Å². The Hall–Kier alpha value is -2.66. The molecule has 4 nitrogen and oxygen atoms in total. The molecule has 0 aliphatic rings. The van der Waals surface area contributed by atoms with Crippen molar-refractivity contribution < 1.29 is 14.1 Å². The molecular weight excluding hydrogens is 476 g/mol. The van der Waals surface area contributed by atoms with Crippen LogP contribution >= 0.6 is 11.3 Å². The minimum absolute atomic E-state index is 0.101. The summed E-state index contributed by atoms with van der Waals surface area (Å²) in [6.45, 7) is 5.94. The molecule has 0 aliphatic heterocycles. The van der Waals surface area contributed by atoms with Crippen LogP contribution in [0.15, 0.2) is 60.2 Å². The van der Waals surface area contributed by atoms with Crippen LogP contribution in [0.1, 0.15) is 105 Å². The SMILES string of the molecule is CCCCCCCCCCCCCCOc1ccc(NC(=O)c2ccc(C[n+]3csc(C)c3)cc2)cc1. The molecule has 0 radical (unpaired) electrons. The topological polar surface area (TPSA) is 42.2 Å². The summed E-state index contributed by atoms with van der Waals surface area (Å²) < 4.78 is 8.06. The Morgan fingerprint density at radius 2 is 1.41 bits per heavy atom. The van der Waals surface area contributed by atoms with Gasteiger partial charge in [-0.1, -0.05) is 101 Å². The Morgan fingerprint density at radius 3 is 1.97 bits per heavy atom. The van der Waals surface area contributed by atoms with E-state index in [1.54, 1.807) is 11.3 Å². The summed E-state index contributed by atoms with van der Waals surface area (Å²) in [7, 11) is 0. The Morgan fingerprint density at radius 1 is 0.811 bits per heavy atom. The lowest BCUT2D eigenvalue weighted by Crippen LogP contribution is -2.30. The lowest BCUT2D eigenvalue weighted by atomic mass is 10.1. The van der Waals surface area contributed by atoms with Crippen LogP contribution in [-0.2, 0) is 6.54 Å². The molecule has 1 aromatic heterocycles. The molecule has 3 aromatic rings. The third kappa shape index (κ3) is 11.5. The average molecular weight is 522 g/mol. The largest absolute Gasteiger partial charge is 0.494 e. The fourth-order valence-electron chi connectivity index (χ4n) is 4.47. The van der Waals surface area contributed by atoms with Crippen molar-refractivity contribution in [3.63, 3.8) is 0 Å². The number of anilines is 1. The number of nitrogens with one attached hydrogen (secondary N) is 1. The number of thiazole rings is 1. The quantitative estimate of drug-likeness (QED) is 0.134. The van der Waals surface area contributed by atoms with E-state index in [2.05, 4.69) is 35.4 Å². The van der Waals surface area contributed by atoms with Gasteiger partial charge < -0.3 is 10.1 Å². The number of benzene rings is 2. The monoisotopic (exact) mass is 521 g/mol. The fourth-order valence-corrected chi connectivity index (χ4v) is 5.10. The summed E-state index contributed by atoms with van der Waals surface area (Å²) in [5, 5.41) is 2.98. The van der Waals surface area contributed by atoms with Gasteiger partial charge in [0.1, 0.15) is 5.75 Å². The van der Waals surface area contributed by atoms with Crippen molar-refractivity contribution in [2.75, 3.05) is 11.9 Å². The van der Waals surface area contributed by atoms with Crippen molar-refractivity contribution in [1.82, 2.24) is 0 Å². The van der Waals surface area contributed by atoms with Gasteiger partial charge in [0.05, 0.1) is 11.5 Å². The molecule has 0 unspecified atom stereocenters. The Kier molecular flexibility index (Phi) is 13.3. The highest BCUT2D eigenvalue weighted by molar-refractivity contribution is 7.09. The van der Waals surface area contributed by atoms with Gasteiger partial charge in [-0.05, 0) is 49.7 Å². The highest BCUT2D eigenvalue weighted by Crippen LogP contribution is 2.18. The zero-order valence-electron chi connectivity index (χ0n) is 22.8. The minimum atomic E-state index is -0.101. The number of aromatic nitrogens is 1. The molecule has 1 heterocycles. The van der Waals surface area contributed by atoms with Gasteiger partial charge in [-0.15, -0.1) is 0 Å². The molecule has 5 heteroatoms. The van der Waals surface area contributed by atoms with Crippen LogP contribution in [0.3, 0.4) is 0 Å². The van der Waals surface area contributed by atoms with Crippen LogP contribution in [0.2, 0.25) is 0 Å². The molecular formula is C32H45N2O2S+. The standard InChI is InChI=1S/C32H44N2O2S/c1-3-4-5-6-7-8-9-10-11-12-13-14-23-36-31-21-19-30(20-22-31)33-32(35)29-17-15-28(16-18-29)25-34-24-27(2)37-26-34/h15-22,24,26H,3-14,23,25H2,1-2H3/p+1. The lowest BCUT2D eigenvalue weighted by Gasteiger charge is -2.09. The summed E-state index contributed by atoms with van der Waals surface area (Å²) in [5.74, 6) is 0.752. The van der Waals surface area contributed by atoms with E-state index in [1.807, 2.05) is 48.5 Å². The van der Waals surface area contributed by atoms with Crippen LogP contribution in [0.4, 0.5) is 5.69 Å². The summed E-state index contributed by atoms with van der Waals surface area (Å²) in [6.07, 6.45) is 18.3. The number of aryl methyl sites for hydroxylation is 1. The van der Waals surface area contributed by atoms with Crippen LogP contribution in [0.25, 0.3) is 0 Å². The average Bonchev–Trinajstić information content (AvgIpc) is 3.32. The van der Waals surface area contributed by atoms with Crippen molar-refractivity contribution >= 4 is 22.9 Å². The number of hydrogen-bond donors (Lipinski definition) is 1. The van der Waals surface area contributed by atoms with E-state index in [1.165, 1.54) is 81.1 Å². The van der Waals surface area contributed by atoms with Gasteiger partial charge in [0, 0.05) is 16.8 Å². The van der Waals surface area contributed by atoms with Crippen LogP contribution in [-0.4, -0.2) is 12.5 Å². The summed E-state index contributed by atoms with van der Waals surface area (Å²) in [4.78, 5) is 13.9. The molecule has 3 rings (SSSR count). The molecule has 0 aliphatic carbocycles. The molecule has 200 valence electrons. The van der Waals surface area contributed by atoms with Gasteiger partial charge in [0.25, 0.3) is 5.91 Å². The van der Waals surface area contributed by atoms with E-state index in [9.17, 15) is 4.79 Å². The van der Waals surface area contributed by atoms with Gasteiger partial charge in [-0.2, -0.15) is 4.57 Å². The first-order chi connectivity index (χ1) is 18.1. The molecule has 0 atom stereocenters. The molecule has 1 amide bonds. The lowest BCUT2D eigenvalue weighted by molar-refractivity contribution is -0.683. The smallest absolute Gasteiger partial charge is 0.255 e. The second-order valence-electron chi connectivity index (χ2n) is 10.0. The van der Waals surface area contributed by atoms with Gasteiger partial charge in [0.2, 0.25) is 5.51 Å². The van der Waals surface area contributed by atoms with Crippen LogP contribution < -0.4 is 14.6 Å². The fraction of sp³-hybridized carbons (Fsp3) is 0.500. The third-order valence-corrected chi connectivity index (χ3v) is 7.54. The number of hydrogen-bond acceptors (Lipinski definition) is 3. The first kappa shape index (κ1) is 28.9.